The third-order valence-corrected chi connectivity index (χ3v) is 3.61. The van der Waals surface area contributed by atoms with Crippen molar-refractivity contribution in [3.63, 3.8) is 0 Å². The molecule has 0 radical (unpaired) electrons. The topological polar surface area (TPSA) is 17.1 Å². The number of ketones is 1. The summed E-state index contributed by atoms with van der Waals surface area (Å²) in [5.74, 6) is 0.0798. The molecule has 1 nitrogen and oxygen atoms in total. The Morgan fingerprint density at radius 2 is 1.65 bits per heavy atom. The maximum Gasteiger partial charge on any atom is 0.194 e. The molecule has 0 spiro atoms. The van der Waals surface area contributed by atoms with Crippen molar-refractivity contribution >= 4 is 33.4 Å². The lowest BCUT2D eigenvalue weighted by Gasteiger charge is -2.19. The molecule has 2 aromatic rings. The zero-order chi connectivity index (χ0) is 11.8. The number of rotatable bonds is 2. The van der Waals surface area contributed by atoms with E-state index in [-0.39, 0.29) is 5.78 Å². The van der Waals surface area contributed by atoms with Gasteiger partial charge >= 0.3 is 0 Å². The molecule has 0 saturated carbocycles. The van der Waals surface area contributed by atoms with E-state index in [4.69, 9.17) is 0 Å². The van der Waals surface area contributed by atoms with Crippen molar-refractivity contribution in [2.75, 3.05) is 0 Å². The van der Waals surface area contributed by atoms with Crippen LogP contribution in [-0.2, 0) is 0 Å². The molecular formula is C15H9BrO. The molecular weight excluding hydrogens is 276 g/mol. The molecule has 0 heterocycles. The van der Waals surface area contributed by atoms with Crippen LogP contribution in [0.15, 0.2) is 53.0 Å². The van der Waals surface area contributed by atoms with Crippen LogP contribution < -0.4 is 0 Å². The maximum atomic E-state index is 12.3. The molecule has 0 aliphatic heterocycles. The predicted molar refractivity (Wildman–Crippen MR) is 72.8 cm³/mol. The summed E-state index contributed by atoms with van der Waals surface area (Å²) in [5, 5.41) is 0. The Bertz CT molecular complexity index is 641. The number of Topliss-reactive ketones (excluding diaryl/α,β-unsaturated/α-hetero) is 1. The summed E-state index contributed by atoms with van der Waals surface area (Å²) in [6.07, 6.45) is 1.94. The Morgan fingerprint density at radius 3 is 2.41 bits per heavy atom. The molecule has 3 rings (SSSR count). The van der Waals surface area contributed by atoms with Gasteiger partial charge in [-0.1, -0.05) is 52.3 Å². The predicted octanol–water partition coefficient (Wildman–Crippen LogP) is 4.19. The van der Waals surface area contributed by atoms with E-state index in [1.165, 1.54) is 0 Å². The summed E-state index contributed by atoms with van der Waals surface area (Å²) in [4.78, 5) is 12.3. The van der Waals surface area contributed by atoms with Crippen LogP contribution in [0, 0.1) is 0 Å². The smallest absolute Gasteiger partial charge is 0.194 e. The molecule has 0 amide bonds. The molecule has 2 heteroatoms. The van der Waals surface area contributed by atoms with Gasteiger partial charge in [0.25, 0.3) is 0 Å². The molecule has 2 aromatic carbocycles. The average Bonchev–Trinajstić information content (AvgIpc) is 2.31. The highest BCUT2D eigenvalue weighted by molar-refractivity contribution is 9.10. The number of hydrogen-bond acceptors (Lipinski definition) is 1. The monoisotopic (exact) mass is 284 g/mol. The quantitative estimate of drug-likeness (QED) is 0.756. The molecule has 0 fully saturated rings. The maximum absolute atomic E-state index is 12.3. The second kappa shape index (κ2) is 3.97. The van der Waals surface area contributed by atoms with E-state index in [2.05, 4.69) is 15.9 Å². The molecule has 0 N–H and O–H groups in total. The lowest BCUT2D eigenvalue weighted by molar-refractivity contribution is 0.105. The van der Waals surface area contributed by atoms with Crippen LogP contribution in [0.3, 0.4) is 0 Å². The number of carbonyl (C=O) groups is 1. The zero-order valence-electron chi connectivity index (χ0n) is 8.98. The summed E-state index contributed by atoms with van der Waals surface area (Å²) < 4.78 is 0.843. The van der Waals surface area contributed by atoms with Gasteiger partial charge in [-0.05, 0) is 29.3 Å². The fourth-order valence-corrected chi connectivity index (χ4v) is 2.47. The highest BCUT2D eigenvalue weighted by Crippen LogP contribution is 2.35. The lowest BCUT2D eigenvalue weighted by Crippen LogP contribution is -2.10. The van der Waals surface area contributed by atoms with E-state index < -0.39 is 0 Å². The summed E-state index contributed by atoms with van der Waals surface area (Å²) in [5.41, 5.74) is 3.71. The highest BCUT2D eigenvalue weighted by Gasteiger charge is 2.23. The van der Waals surface area contributed by atoms with Gasteiger partial charge in [0.1, 0.15) is 0 Å². The molecule has 0 unspecified atom stereocenters. The second-order valence-corrected chi connectivity index (χ2v) is 4.81. The minimum atomic E-state index is 0.0798. The van der Waals surface area contributed by atoms with Crippen LogP contribution in [0.4, 0.5) is 0 Å². The van der Waals surface area contributed by atoms with Gasteiger partial charge in [-0.3, -0.25) is 4.79 Å². The number of fused-ring (bicyclic) bond motifs is 1. The van der Waals surface area contributed by atoms with Crippen LogP contribution >= 0.6 is 15.9 Å². The third kappa shape index (κ3) is 1.65. The van der Waals surface area contributed by atoms with Gasteiger partial charge in [0.15, 0.2) is 5.78 Å². The first-order valence-electron chi connectivity index (χ1n) is 5.38. The highest BCUT2D eigenvalue weighted by atomic mass is 79.9. The van der Waals surface area contributed by atoms with Gasteiger partial charge in [0.2, 0.25) is 0 Å². The largest absolute Gasteiger partial charge is 0.289 e. The lowest BCUT2D eigenvalue weighted by atomic mass is 9.84. The number of carbonyl (C=O) groups excluding carboxylic acids is 1. The first-order valence-corrected chi connectivity index (χ1v) is 6.17. The number of halogens is 1. The van der Waals surface area contributed by atoms with Crippen molar-refractivity contribution in [3.05, 3.63) is 69.7 Å². The first-order chi connectivity index (χ1) is 8.27. The molecule has 0 bridgehead atoms. The summed E-state index contributed by atoms with van der Waals surface area (Å²) in [6, 6.07) is 15.5. The molecule has 0 atom stereocenters. The van der Waals surface area contributed by atoms with Crippen molar-refractivity contribution in [3.8, 4) is 0 Å². The van der Waals surface area contributed by atoms with Gasteiger partial charge in [0, 0.05) is 15.6 Å². The van der Waals surface area contributed by atoms with Crippen molar-refractivity contribution in [2.24, 2.45) is 0 Å². The molecule has 0 aromatic heterocycles. The van der Waals surface area contributed by atoms with Crippen molar-refractivity contribution in [1.29, 1.82) is 0 Å². The van der Waals surface area contributed by atoms with Crippen LogP contribution in [0.2, 0.25) is 0 Å². The van der Waals surface area contributed by atoms with Gasteiger partial charge in [-0.2, -0.15) is 0 Å². The van der Waals surface area contributed by atoms with E-state index in [9.17, 15) is 4.79 Å². The van der Waals surface area contributed by atoms with Crippen LogP contribution in [-0.4, -0.2) is 5.78 Å². The summed E-state index contributed by atoms with van der Waals surface area (Å²) in [7, 11) is 0. The minimum Gasteiger partial charge on any atom is -0.289 e. The number of benzene rings is 2. The van der Waals surface area contributed by atoms with E-state index in [0.29, 0.717) is 5.56 Å². The Hall–Kier alpha value is -1.67. The fourth-order valence-electron chi connectivity index (χ4n) is 2.00. The average molecular weight is 285 g/mol. The van der Waals surface area contributed by atoms with Gasteiger partial charge in [-0.25, -0.2) is 0 Å². The van der Waals surface area contributed by atoms with Crippen LogP contribution in [0.25, 0.3) is 11.6 Å². The zero-order valence-corrected chi connectivity index (χ0v) is 10.6. The molecule has 17 heavy (non-hydrogen) atoms. The van der Waals surface area contributed by atoms with E-state index in [1.807, 2.05) is 54.6 Å². The first kappa shape index (κ1) is 10.5. The normalized spacial score (nSPS) is 12.4. The molecule has 1 aliphatic carbocycles. The van der Waals surface area contributed by atoms with E-state index >= 15 is 0 Å². The Balaban J connectivity index is 2.00. The van der Waals surface area contributed by atoms with Gasteiger partial charge < -0.3 is 0 Å². The SMILES string of the molecule is O=C(C1=Cc2ccccc21)c1ccccc1Br. The van der Waals surface area contributed by atoms with E-state index in [1.54, 1.807) is 0 Å². The van der Waals surface area contributed by atoms with Crippen LogP contribution in [0.5, 0.6) is 0 Å². The fraction of sp³-hybridized carbons (Fsp3) is 0. The third-order valence-electron chi connectivity index (χ3n) is 2.91. The van der Waals surface area contributed by atoms with Crippen LogP contribution in [0.1, 0.15) is 21.5 Å². The summed E-state index contributed by atoms with van der Waals surface area (Å²) >= 11 is 3.41. The van der Waals surface area contributed by atoms with Crippen molar-refractivity contribution < 1.29 is 4.79 Å². The number of hydrogen-bond donors (Lipinski definition) is 0. The minimum absolute atomic E-state index is 0.0798. The van der Waals surface area contributed by atoms with E-state index in [0.717, 1.165) is 21.2 Å². The Labute approximate surface area is 108 Å². The van der Waals surface area contributed by atoms with Crippen molar-refractivity contribution in [2.45, 2.75) is 0 Å². The standard InChI is InChI=1S/C15H9BrO/c16-14-8-4-3-7-12(14)15(17)13-9-10-5-1-2-6-11(10)13/h1-9H. The molecule has 1 aliphatic rings. The molecule has 82 valence electrons. The second-order valence-electron chi connectivity index (χ2n) is 3.95. The Kier molecular flexibility index (Phi) is 2.45. The Morgan fingerprint density at radius 1 is 0.941 bits per heavy atom. The summed E-state index contributed by atoms with van der Waals surface area (Å²) in [6.45, 7) is 0. The molecule has 0 saturated heterocycles. The number of allylic oxidation sites excluding steroid dienone is 1. The van der Waals surface area contributed by atoms with Gasteiger partial charge in [-0.15, -0.1) is 0 Å². The van der Waals surface area contributed by atoms with Crippen molar-refractivity contribution in [1.82, 2.24) is 0 Å². The van der Waals surface area contributed by atoms with Gasteiger partial charge in [0.05, 0.1) is 0 Å².